The zero-order valence-electron chi connectivity index (χ0n) is 16.0. The van der Waals surface area contributed by atoms with Gasteiger partial charge >= 0.3 is 0 Å². The zero-order valence-corrected chi connectivity index (χ0v) is 16.8. The summed E-state index contributed by atoms with van der Waals surface area (Å²) in [5.74, 6) is 0.273. The fourth-order valence-corrected chi connectivity index (χ4v) is 4.97. The summed E-state index contributed by atoms with van der Waals surface area (Å²) in [5.41, 5.74) is 3.63. The van der Waals surface area contributed by atoms with Gasteiger partial charge in [-0.1, -0.05) is 18.6 Å². The number of nitrogens with one attached hydrogen (secondary N) is 1. The van der Waals surface area contributed by atoms with Gasteiger partial charge in [0.05, 0.1) is 5.69 Å². The molecule has 0 saturated carbocycles. The van der Waals surface area contributed by atoms with Crippen LogP contribution in [-0.2, 0) is 10.0 Å². The molecule has 1 amide bonds. The maximum Gasteiger partial charge on any atom is 0.286 e. The third kappa shape index (κ3) is 3.42. The number of sulfonamides is 1. The van der Waals surface area contributed by atoms with Crippen molar-refractivity contribution < 1.29 is 13.2 Å². The van der Waals surface area contributed by atoms with Crippen LogP contribution in [0.25, 0.3) is 0 Å². The van der Waals surface area contributed by atoms with Crippen LogP contribution >= 0.6 is 0 Å². The summed E-state index contributed by atoms with van der Waals surface area (Å²) in [6.07, 6.45) is 3.65. The molecule has 146 valence electrons. The van der Waals surface area contributed by atoms with Crippen LogP contribution in [0, 0.1) is 13.8 Å². The van der Waals surface area contributed by atoms with E-state index in [1.54, 1.807) is 12.1 Å². The average Bonchev–Trinajstić information content (AvgIpc) is 2.89. The molecule has 4 rings (SSSR count). The Bertz CT molecular complexity index is 1090. The first-order chi connectivity index (χ1) is 13.3. The van der Waals surface area contributed by atoms with E-state index < -0.39 is 10.0 Å². The molecule has 2 aliphatic rings. The van der Waals surface area contributed by atoms with Gasteiger partial charge in [0.1, 0.15) is 10.7 Å². The van der Waals surface area contributed by atoms with Crippen LogP contribution in [0.2, 0.25) is 0 Å². The third-order valence-electron chi connectivity index (χ3n) is 5.25. The van der Waals surface area contributed by atoms with E-state index in [-0.39, 0.29) is 10.8 Å². The average molecular weight is 398 g/mol. The summed E-state index contributed by atoms with van der Waals surface area (Å²) in [4.78, 5) is 14.8. The van der Waals surface area contributed by atoms with Gasteiger partial charge in [0, 0.05) is 24.2 Å². The molecule has 1 N–H and O–H groups in total. The molecule has 0 radical (unpaired) electrons. The number of amidine groups is 1. The number of anilines is 2. The first kappa shape index (κ1) is 18.7. The van der Waals surface area contributed by atoms with E-state index in [0.717, 1.165) is 42.6 Å². The predicted molar refractivity (Wildman–Crippen MR) is 111 cm³/mol. The standard InChI is InChI=1S/C21H23N3O3S/c1-14-7-8-15(2)17(12-14)22-21(25)16-9-10-18-19(13-16)28(26,27)23-20-6-4-3-5-11-24(18)20/h7-10,12-13H,3-6,11H2,1-2H3,(H,22,25). The Morgan fingerprint density at radius 3 is 2.71 bits per heavy atom. The highest BCUT2D eigenvalue weighted by Gasteiger charge is 2.32. The van der Waals surface area contributed by atoms with E-state index in [9.17, 15) is 13.2 Å². The van der Waals surface area contributed by atoms with E-state index in [0.29, 0.717) is 23.5 Å². The number of carbonyl (C=O) groups is 1. The summed E-state index contributed by atoms with van der Waals surface area (Å²) in [5, 5.41) is 2.88. The van der Waals surface area contributed by atoms with Crippen molar-refractivity contribution in [1.82, 2.24) is 0 Å². The van der Waals surface area contributed by atoms with E-state index >= 15 is 0 Å². The van der Waals surface area contributed by atoms with Crippen LogP contribution in [0.3, 0.4) is 0 Å². The van der Waals surface area contributed by atoms with Gasteiger partial charge in [-0.2, -0.15) is 8.42 Å². The Morgan fingerprint density at radius 1 is 1.07 bits per heavy atom. The van der Waals surface area contributed by atoms with E-state index in [1.807, 2.05) is 36.9 Å². The molecule has 6 nitrogen and oxygen atoms in total. The summed E-state index contributed by atoms with van der Waals surface area (Å²) in [7, 11) is -3.81. The van der Waals surface area contributed by atoms with Crippen molar-refractivity contribution in [2.75, 3.05) is 16.8 Å². The lowest BCUT2D eigenvalue weighted by molar-refractivity contribution is 0.102. The monoisotopic (exact) mass is 397 g/mol. The fourth-order valence-electron chi connectivity index (χ4n) is 3.69. The van der Waals surface area contributed by atoms with Gasteiger partial charge in [-0.25, -0.2) is 0 Å². The number of nitrogens with zero attached hydrogens (tertiary/aromatic N) is 2. The lowest BCUT2D eigenvalue weighted by atomic mass is 10.1. The molecule has 2 aliphatic heterocycles. The maximum absolute atomic E-state index is 12.8. The van der Waals surface area contributed by atoms with Gasteiger partial charge < -0.3 is 10.2 Å². The second-order valence-corrected chi connectivity index (χ2v) is 8.97. The molecular formula is C21H23N3O3S. The number of hydrogen-bond acceptors (Lipinski definition) is 4. The van der Waals surface area contributed by atoms with Crippen LogP contribution in [0.4, 0.5) is 11.4 Å². The number of benzene rings is 2. The largest absolute Gasteiger partial charge is 0.328 e. The van der Waals surface area contributed by atoms with Crippen LogP contribution in [-0.4, -0.2) is 26.7 Å². The second kappa shape index (κ2) is 7.05. The number of hydrogen-bond donors (Lipinski definition) is 1. The molecule has 1 fully saturated rings. The van der Waals surface area contributed by atoms with E-state index in [4.69, 9.17) is 0 Å². The molecule has 2 aromatic carbocycles. The minimum atomic E-state index is -3.81. The van der Waals surface area contributed by atoms with Crippen LogP contribution in [0.1, 0.15) is 47.2 Å². The van der Waals surface area contributed by atoms with Gasteiger partial charge in [0.15, 0.2) is 0 Å². The number of aryl methyl sites for hydroxylation is 2. The van der Waals surface area contributed by atoms with Crippen molar-refractivity contribution >= 4 is 33.1 Å². The maximum atomic E-state index is 12.8. The number of rotatable bonds is 2. The topological polar surface area (TPSA) is 78.8 Å². The highest BCUT2D eigenvalue weighted by Crippen LogP contribution is 2.35. The molecule has 0 spiro atoms. The first-order valence-corrected chi connectivity index (χ1v) is 10.9. The Morgan fingerprint density at radius 2 is 1.89 bits per heavy atom. The molecule has 0 unspecified atom stereocenters. The lowest BCUT2D eigenvalue weighted by Gasteiger charge is -2.29. The molecule has 7 heteroatoms. The molecule has 0 atom stereocenters. The van der Waals surface area contributed by atoms with Crippen molar-refractivity contribution in [3.63, 3.8) is 0 Å². The number of fused-ring (bicyclic) bond motifs is 3. The molecule has 2 heterocycles. The second-order valence-electron chi connectivity index (χ2n) is 7.40. The molecule has 0 aromatic heterocycles. The highest BCUT2D eigenvalue weighted by atomic mass is 32.2. The molecule has 2 aromatic rings. The van der Waals surface area contributed by atoms with Crippen LogP contribution < -0.4 is 10.2 Å². The van der Waals surface area contributed by atoms with Crippen LogP contribution in [0.5, 0.6) is 0 Å². The molecule has 28 heavy (non-hydrogen) atoms. The Hall–Kier alpha value is -2.67. The minimum absolute atomic E-state index is 0.103. The van der Waals surface area contributed by atoms with Gasteiger partial charge in [-0.15, -0.1) is 4.40 Å². The lowest BCUT2D eigenvalue weighted by Crippen LogP contribution is -2.35. The van der Waals surface area contributed by atoms with Crippen molar-refractivity contribution in [2.45, 2.75) is 44.4 Å². The van der Waals surface area contributed by atoms with Crippen molar-refractivity contribution in [2.24, 2.45) is 4.40 Å². The summed E-state index contributed by atoms with van der Waals surface area (Å²) in [6.45, 7) is 4.62. The van der Waals surface area contributed by atoms with Crippen molar-refractivity contribution in [3.8, 4) is 0 Å². The van der Waals surface area contributed by atoms with Crippen molar-refractivity contribution in [3.05, 3.63) is 53.1 Å². The van der Waals surface area contributed by atoms with E-state index in [1.165, 1.54) is 6.07 Å². The highest BCUT2D eigenvalue weighted by molar-refractivity contribution is 7.90. The molecule has 0 bridgehead atoms. The number of carbonyl (C=O) groups excluding carboxylic acids is 1. The predicted octanol–water partition coefficient (Wildman–Crippen LogP) is 4.04. The molecule has 0 aliphatic carbocycles. The van der Waals surface area contributed by atoms with Gasteiger partial charge in [0.2, 0.25) is 0 Å². The third-order valence-corrected chi connectivity index (χ3v) is 6.59. The Balaban J connectivity index is 1.70. The smallest absolute Gasteiger partial charge is 0.286 e. The Labute approximate surface area is 165 Å². The van der Waals surface area contributed by atoms with Crippen LogP contribution in [0.15, 0.2) is 45.7 Å². The first-order valence-electron chi connectivity index (χ1n) is 9.49. The van der Waals surface area contributed by atoms with Gasteiger partial charge in [0.25, 0.3) is 15.9 Å². The summed E-state index contributed by atoms with van der Waals surface area (Å²) < 4.78 is 29.5. The normalized spacial score (nSPS) is 17.8. The van der Waals surface area contributed by atoms with Gasteiger partial charge in [-0.3, -0.25) is 4.79 Å². The zero-order chi connectivity index (χ0) is 19.9. The fraction of sp³-hybridized carbons (Fsp3) is 0.333. The quantitative estimate of drug-likeness (QED) is 0.830. The molecular weight excluding hydrogens is 374 g/mol. The van der Waals surface area contributed by atoms with Crippen molar-refractivity contribution in [1.29, 1.82) is 0 Å². The summed E-state index contributed by atoms with van der Waals surface area (Å²) in [6, 6.07) is 10.7. The Kier molecular flexibility index (Phi) is 4.71. The number of amides is 1. The minimum Gasteiger partial charge on any atom is -0.328 e. The SMILES string of the molecule is Cc1ccc(C)c(NC(=O)c2ccc3c(c2)S(=O)(=O)N=C2CCCCCN23)c1. The molecule has 1 saturated heterocycles. The van der Waals surface area contributed by atoms with Gasteiger partial charge in [-0.05, 0) is 62.1 Å². The summed E-state index contributed by atoms with van der Waals surface area (Å²) >= 11 is 0. The van der Waals surface area contributed by atoms with E-state index in [2.05, 4.69) is 9.71 Å².